The Labute approximate surface area is 200 Å². The minimum atomic E-state index is -3.31. The van der Waals surface area contributed by atoms with E-state index >= 15 is 0 Å². The molecule has 2 fully saturated rings. The number of piperidine rings is 1. The Morgan fingerprint density at radius 2 is 1.85 bits per heavy atom. The van der Waals surface area contributed by atoms with Crippen molar-refractivity contribution in [3.63, 3.8) is 0 Å². The van der Waals surface area contributed by atoms with Crippen LogP contribution in [-0.2, 0) is 14.8 Å². The lowest BCUT2D eigenvalue weighted by atomic mass is 9.82. The number of nitrogens with zero attached hydrogens (tertiary/aromatic N) is 5. The summed E-state index contributed by atoms with van der Waals surface area (Å²) in [6.07, 6.45) is 9.66. The van der Waals surface area contributed by atoms with Crippen LogP contribution in [0.15, 0.2) is 48.9 Å². The quantitative estimate of drug-likeness (QED) is 0.550. The maximum absolute atomic E-state index is 12.0. The van der Waals surface area contributed by atoms with E-state index in [4.69, 9.17) is 4.74 Å². The molecule has 3 heterocycles. The van der Waals surface area contributed by atoms with Gasteiger partial charge in [0.25, 0.3) is 0 Å². The molecule has 10 heteroatoms. The monoisotopic (exact) mass is 484 g/mol. The average molecular weight is 485 g/mol. The summed E-state index contributed by atoms with van der Waals surface area (Å²) in [6.45, 7) is 1.83. The molecule has 1 saturated heterocycles. The summed E-state index contributed by atoms with van der Waals surface area (Å²) < 4.78 is 35.0. The van der Waals surface area contributed by atoms with E-state index in [-0.39, 0.29) is 18.1 Å². The van der Waals surface area contributed by atoms with Crippen molar-refractivity contribution in [1.29, 1.82) is 0 Å². The van der Waals surface area contributed by atoms with Gasteiger partial charge < -0.3 is 9.64 Å². The second-order valence-electron chi connectivity index (χ2n) is 9.48. The van der Waals surface area contributed by atoms with E-state index in [1.807, 2.05) is 6.07 Å². The first kappa shape index (κ1) is 23.2. The maximum atomic E-state index is 12.0. The number of nitrogens with one attached hydrogen (secondary N) is 1. The molecule has 1 aliphatic heterocycles. The smallest absolute Gasteiger partial charge is 0.228 e. The van der Waals surface area contributed by atoms with Crippen molar-refractivity contribution >= 4 is 21.6 Å². The van der Waals surface area contributed by atoms with Crippen LogP contribution in [0.25, 0.3) is 5.65 Å². The number of rotatable bonds is 7. The molecule has 1 unspecified atom stereocenters. The van der Waals surface area contributed by atoms with E-state index in [1.54, 1.807) is 10.7 Å². The van der Waals surface area contributed by atoms with Crippen LogP contribution in [0.5, 0.6) is 0 Å². The standard InChI is InChI=1S/C24H32N6O3S/c1-34(31,32)28-22-12-14-29(24-25-13-11-23-26-17-27-30(23)24)15-20(22)16-33-21-9-7-19(8-10-21)18-5-3-2-4-6-18/h2-6,11,13,17,19-22,28H,7-10,12,14-16H2,1H3/t19?,20-,21?,22?/m0/s1. The lowest BCUT2D eigenvalue weighted by Crippen LogP contribution is -2.53. The van der Waals surface area contributed by atoms with Crippen molar-refractivity contribution in [3.8, 4) is 0 Å². The molecule has 2 atom stereocenters. The van der Waals surface area contributed by atoms with Gasteiger partial charge in [0.05, 0.1) is 19.0 Å². The van der Waals surface area contributed by atoms with E-state index in [9.17, 15) is 8.42 Å². The minimum absolute atomic E-state index is 0.0101. The Hall–Kier alpha value is -2.56. The molecule has 3 aromatic rings. The predicted molar refractivity (Wildman–Crippen MR) is 130 cm³/mol. The molecule has 0 bridgehead atoms. The number of hydrogen-bond donors (Lipinski definition) is 1. The highest BCUT2D eigenvalue weighted by Gasteiger charge is 2.34. The van der Waals surface area contributed by atoms with Gasteiger partial charge in [0.2, 0.25) is 16.0 Å². The van der Waals surface area contributed by atoms with Crippen LogP contribution in [0.4, 0.5) is 5.95 Å². The zero-order chi connectivity index (χ0) is 23.5. The third kappa shape index (κ3) is 5.39. The van der Waals surface area contributed by atoms with Crippen molar-refractivity contribution in [3.05, 3.63) is 54.5 Å². The first-order chi connectivity index (χ1) is 16.5. The van der Waals surface area contributed by atoms with E-state index in [0.29, 0.717) is 32.0 Å². The number of hydrogen-bond acceptors (Lipinski definition) is 7. The van der Waals surface area contributed by atoms with Gasteiger partial charge in [-0.25, -0.2) is 23.1 Å². The normalized spacial score (nSPS) is 26.1. The van der Waals surface area contributed by atoms with Crippen molar-refractivity contribution in [2.75, 3.05) is 30.9 Å². The third-order valence-corrected chi connectivity index (χ3v) is 7.78. The van der Waals surface area contributed by atoms with Gasteiger partial charge in [-0.05, 0) is 43.6 Å². The summed E-state index contributed by atoms with van der Waals surface area (Å²) in [5.74, 6) is 1.33. The molecule has 0 radical (unpaired) electrons. The van der Waals surface area contributed by atoms with Crippen LogP contribution in [0.1, 0.15) is 43.6 Å². The van der Waals surface area contributed by atoms with Crippen LogP contribution in [0, 0.1) is 5.92 Å². The molecular weight excluding hydrogens is 452 g/mol. The van der Waals surface area contributed by atoms with E-state index in [2.05, 4.69) is 55.0 Å². The maximum Gasteiger partial charge on any atom is 0.228 e. The molecule has 1 saturated carbocycles. The fraction of sp³-hybridized carbons (Fsp3) is 0.542. The molecule has 5 rings (SSSR count). The fourth-order valence-corrected chi connectivity index (χ4v) is 6.18. The SMILES string of the molecule is CS(=O)(=O)NC1CCN(c2nccc3ncnn23)C[C@H]1COC1CCC(c2ccccc2)CC1. The van der Waals surface area contributed by atoms with Crippen LogP contribution in [-0.4, -0.2) is 66.1 Å². The van der Waals surface area contributed by atoms with Gasteiger partial charge in [0.15, 0.2) is 5.65 Å². The van der Waals surface area contributed by atoms with Crippen LogP contribution in [0.2, 0.25) is 0 Å². The highest BCUT2D eigenvalue weighted by atomic mass is 32.2. The average Bonchev–Trinajstić information content (AvgIpc) is 3.33. The van der Waals surface area contributed by atoms with Gasteiger partial charge in [-0.2, -0.15) is 9.61 Å². The van der Waals surface area contributed by atoms with Gasteiger partial charge in [-0.1, -0.05) is 30.3 Å². The first-order valence-corrected chi connectivity index (χ1v) is 13.9. The van der Waals surface area contributed by atoms with Crippen LogP contribution < -0.4 is 9.62 Å². The lowest BCUT2D eigenvalue weighted by molar-refractivity contribution is -0.00219. The Kier molecular flexibility index (Phi) is 6.80. The number of aromatic nitrogens is 4. The summed E-state index contributed by atoms with van der Waals surface area (Å²) >= 11 is 0. The van der Waals surface area contributed by atoms with Crippen LogP contribution in [0.3, 0.4) is 0 Å². The molecule has 1 aromatic carbocycles. The van der Waals surface area contributed by atoms with Gasteiger partial charge in [0, 0.05) is 37.3 Å². The summed E-state index contributed by atoms with van der Waals surface area (Å²) in [5, 5.41) is 4.31. The van der Waals surface area contributed by atoms with Crippen molar-refractivity contribution in [2.24, 2.45) is 5.92 Å². The largest absolute Gasteiger partial charge is 0.378 e. The second-order valence-corrected chi connectivity index (χ2v) is 11.3. The summed E-state index contributed by atoms with van der Waals surface area (Å²) in [5.41, 5.74) is 2.15. The highest BCUT2D eigenvalue weighted by Crippen LogP contribution is 2.34. The molecule has 1 N–H and O–H groups in total. The first-order valence-electron chi connectivity index (χ1n) is 12.0. The summed E-state index contributed by atoms with van der Waals surface area (Å²) in [7, 11) is -3.31. The second kappa shape index (κ2) is 9.97. The number of fused-ring (bicyclic) bond motifs is 1. The highest BCUT2D eigenvalue weighted by molar-refractivity contribution is 7.88. The van der Waals surface area contributed by atoms with Gasteiger partial charge >= 0.3 is 0 Å². The minimum Gasteiger partial charge on any atom is -0.378 e. The van der Waals surface area contributed by atoms with Crippen molar-refractivity contribution < 1.29 is 13.2 Å². The van der Waals surface area contributed by atoms with E-state index in [1.165, 1.54) is 18.1 Å². The number of ether oxygens (including phenoxy) is 1. The number of anilines is 1. The van der Waals surface area contributed by atoms with Crippen LogP contribution >= 0.6 is 0 Å². The van der Waals surface area contributed by atoms with Gasteiger partial charge in [-0.15, -0.1) is 0 Å². The van der Waals surface area contributed by atoms with E-state index in [0.717, 1.165) is 37.3 Å². The molecule has 9 nitrogen and oxygen atoms in total. The zero-order valence-corrected chi connectivity index (χ0v) is 20.3. The molecule has 0 amide bonds. The van der Waals surface area contributed by atoms with E-state index < -0.39 is 10.0 Å². The fourth-order valence-electron chi connectivity index (χ4n) is 5.32. The van der Waals surface area contributed by atoms with Gasteiger partial charge in [0.1, 0.15) is 6.33 Å². The molecule has 2 aromatic heterocycles. The molecule has 0 spiro atoms. The Morgan fingerprint density at radius 1 is 1.06 bits per heavy atom. The lowest BCUT2D eigenvalue weighted by Gasteiger charge is -2.39. The molecule has 1 aliphatic carbocycles. The predicted octanol–water partition coefficient (Wildman–Crippen LogP) is 2.61. The van der Waals surface area contributed by atoms with Crippen molar-refractivity contribution in [1.82, 2.24) is 24.3 Å². The molecule has 34 heavy (non-hydrogen) atoms. The summed E-state index contributed by atoms with van der Waals surface area (Å²) in [6, 6.07) is 12.4. The topological polar surface area (TPSA) is 102 Å². The molecule has 182 valence electrons. The third-order valence-electron chi connectivity index (χ3n) is 7.05. The zero-order valence-electron chi connectivity index (χ0n) is 19.5. The Morgan fingerprint density at radius 3 is 2.62 bits per heavy atom. The number of benzene rings is 1. The number of sulfonamides is 1. The summed E-state index contributed by atoms with van der Waals surface area (Å²) in [4.78, 5) is 10.9. The molecule has 2 aliphatic rings. The Bertz CT molecular complexity index is 1190. The Balaban J connectivity index is 1.24. The van der Waals surface area contributed by atoms with Crippen molar-refractivity contribution in [2.45, 2.75) is 50.2 Å². The van der Waals surface area contributed by atoms with Gasteiger partial charge in [-0.3, -0.25) is 0 Å². The molecular formula is C24H32N6O3S.